The van der Waals surface area contributed by atoms with Gasteiger partial charge in [0.05, 0.1) is 10.8 Å². The number of anilines is 1. The number of nitrogens with zero attached hydrogens (tertiary/aromatic N) is 4. The number of thioether (sulfide) groups is 1. The Morgan fingerprint density at radius 3 is 2.47 bits per heavy atom. The molecule has 170 valence electrons. The highest BCUT2D eigenvalue weighted by Crippen LogP contribution is 2.32. The lowest BCUT2D eigenvalue weighted by molar-refractivity contribution is -0.118. The molecule has 0 bridgehead atoms. The lowest BCUT2D eigenvalue weighted by Gasteiger charge is -2.14. The summed E-state index contributed by atoms with van der Waals surface area (Å²) < 4.78 is 2.01. The van der Waals surface area contributed by atoms with Crippen LogP contribution in [0.25, 0.3) is 11.4 Å². The molecule has 0 unspecified atom stereocenters. The fraction of sp³-hybridized carbons (Fsp3) is 0.348. The predicted molar refractivity (Wildman–Crippen MR) is 134 cm³/mol. The molecular formula is C23H27Cl2N5OS. The van der Waals surface area contributed by atoms with E-state index in [0.717, 1.165) is 16.8 Å². The number of amides is 1. The molecule has 9 heteroatoms. The van der Waals surface area contributed by atoms with Crippen LogP contribution in [0.3, 0.4) is 0 Å². The van der Waals surface area contributed by atoms with Crippen LogP contribution in [0.5, 0.6) is 0 Å². The van der Waals surface area contributed by atoms with E-state index in [1.54, 1.807) is 12.1 Å². The first-order chi connectivity index (χ1) is 15.2. The quantitative estimate of drug-likeness (QED) is 0.407. The summed E-state index contributed by atoms with van der Waals surface area (Å²) in [6, 6.07) is 13.4. The third-order valence-corrected chi connectivity index (χ3v) is 6.23. The molecule has 3 aromatic rings. The second-order valence-corrected chi connectivity index (χ2v) is 9.85. The van der Waals surface area contributed by atoms with Crippen LogP contribution in [0, 0.1) is 5.92 Å². The van der Waals surface area contributed by atoms with Gasteiger partial charge in [0.2, 0.25) is 5.91 Å². The van der Waals surface area contributed by atoms with Crippen molar-refractivity contribution in [3.63, 3.8) is 0 Å². The summed E-state index contributed by atoms with van der Waals surface area (Å²) in [6.45, 7) is 5.44. The van der Waals surface area contributed by atoms with E-state index in [9.17, 15) is 4.79 Å². The normalized spacial score (nSPS) is 11.1. The van der Waals surface area contributed by atoms with Gasteiger partial charge in [-0.3, -0.25) is 4.79 Å². The summed E-state index contributed by atoms with van der Waals surface area (Å²) in [7, 11) is 4.00. The third kappa shape index (κ3) is 6.40. The number of benzene rings is 2. The number of nitrogens with one attached hydrogen (secondary N) is 1. The maximum absolute atomic E-state index is 12.4. The van der Waals surface area contributed by atoms with Crippen molar-refractivity contribution in [2.45, 2.75) is 32.1 Å². The SMILES string of the molecule is CC(C)Cn1c(SCC(=O)NCc2ccc(N(C)C)cc2)nnc1-c1ccc(Cl)cc1Cl. The Morgan fingerprint density at radius 2 is 1.84 bits per heavy atom. The average molecular weight is 492 g/mol. The number of carbonyl (C=O) groups is 1. The van der Waals surface area contributed by atoms with Crippen LogP contribution in [0.1, 0.15) is 19.4 Å². The summed E-state index contributed by atoms with van der Waals surface area (Å²) in [5.74, 6) is 1.23. The third-order valence-electron chi connectivity index (χ3n) is 4.71. The molecule has 0 atom stereocenters. The van der Waals surface area contributed by atoms with Crippen molar-refractivity contribution in [2.24, 2.45) is 5.92 Å². The number of aromatic nitrogens is 3. The molecule has 3 rings (SSSR count). The van der Waals surface area contributed by atoms with Crippen LogP contribution in [0.4, 0.5) is 5.69 Å². The van der Waals surface area contributed by atoms with Gasteiger partial charge in [-0.05, 0) is 41.8 Å². The molecule has 0 aliphatic carbocycles. The standard InChI is InChI=1S/C23H27Cl2N5OS/c1-15(2)13-30-22(19-10-7-17(24)11-20(19)25)27-28-23(30)32-14-21(31)26-12-16-5-8-18(9-6-16)29(3)4/h5-11,15H,12-14H2,1-4H3,(H,26,31). The number of halogens is 2. The van der Waals surface area contributed by atoms with Crippen molar-refractivity contribution in [3.05, 3.63) is 58.1 Å². The van der Waals surface area contributed by atoms with Gasteiger partial charge in [-0.15, -0.1) is 10.2 Å². The van der Waals surface area contributed by atoms with Crippen molar-refractivity contribution in [1.82, 2.24) is 20.1 Å². The van der Waals surface area contributed by atoms with Gasteiger partial charge in [0, 0.05) is 43.5 Å². The molecule has 1 N–H and O–H groups in total. The largest absolute Gasteiger partial charge is 0.378 e. The lowest BCUT2D eigenvalue weighted by Crippen LogP contribution is -2.24. The van der Waals surface area contributed by atoms with E-state index >= 15 is 0 Å². The maximum Gasteiger partial charge on any atom is 0.230 e. The molecule has 32 heavy (non-hydrogen) atoms. The molecule has 0 fully saturated rings. The first-order valence-electron chi connectivity index (χ1n) is 10.3. The van der Waals surface area contributed by atoms with E-state index in [4.69, 9.17) is 23.2 Å². The molecule has 1 heterocycles. The summed E-state index contributed by atoms with van der Waals surface area (Å²) >= 11 is 13.8. The Labute approximate surface area is 203 Å². The van der Waals surface area contributed by atoms with Crippen molar-refractivity contribution in [2.75, 3.05) is 24.7 Å². The molecule has 0 radical (unpaired) electrons. The van der Waals surface area contributed by atoms with E-state index in [2.05, 4.69) is 29.4 Å². The van der Waals surface area contributed by atoms with E-state index in [1.807, 2.05) is 53.9 Å². The zero-order chi connectivity index (χ0) is 23.3. The van der Waals surface area contributed by atoms with E-state index in [0.29, 0.717) is 40.0 Å². The minimum Gasteiger partial charge on any atom is -0.378 e. The predicted octanol–water partition coefficient (Wildman–Crippen LogP) is 5.38. The average Bonchev–Trinajstić information content (AvgIpc) is 3.12. The highest BCUT2D eigenvalue weighted by molar-refractivity contribution is 7.99. The Bertz CT molecular complexity index is 1070. The molecule has 0 saturated heterocycles. The highest BCUT2D eigenvalue weighted by atomic mass is 35.5. The Morgan fingerprint density at radius 1 is 1.12 bits per heavy atom. The molecule has 0 spiro atoms. The van der Waals surface area contributed by atoms with Gasteiger partial charge in [-0.2, -0.15) is 0 Å². The second kappa shape index (κ2) is 11.1. The van der Waals surface area contributed by atoms with Gasteiger partial charge in [-0.1, -0.05) is 60.9 Å². The van der Waals surface area contributed by atoms with E-state index in [-0.39, 0.29) is 11.7 Å². The van der Waals surface area contributed by atoms with Gasteiger partial charge in [0.25, 0.3) is 0 Å². The smallest absolute Gasteiger partial charge is 0.230 e. The first kappa shape index (κ1) is 24.4. The Balaban J connectivity index is 1.66. The maximum atomic E-state index is 12.4. The second-order valence-electron chi connectivity index (χ2n) is 8.06. The Kier molecular flexibility index (Phi) is 8.45. The fourth-order valence-corrected chi connectivity index (χ4v) is 4.36. The van der Waals surface area contributed by atoms with Crippen molar-refractivity contribution in [1.29, 1.82) is 0 Å². The summed E-state index contributed by atoms with van der Waals surface area (Å²) in [4.78, 5) is 14.5. The molecule has 2 aromatic carbocycles. The molecule has 1 amide bonds. The molecule has 0 aliphatic heterocycles. The van der Waals surface area contributed by atoms with Gasteiger partial charge < -0.3 is 14.8 Å². The van der Waals surface area contributed by atoms with E-state index < -0.39 is 0 Å². The summed E-state index contributed by atoms with van der Waals surface area (Å²) in [5.41, 5.74) is 2.94. The number of rotatable bonds is 9. The fourth-order valence-electron chi connectivity index (χ4n) is 3.09. The van der Waals surface area contributed by atoms with Crippen LogP contribution in [0.2, 0.25) is 10.0 Å². The molecule has 0 aliphatic rings. The van der Waals surface area contributed by atoms with Gasteiger partial charge in [0.15, 0.2) is 11.0 Å². The summed E-state index contributed by atoms with van der Waals surface area (Å²) in [5, 5.41) is 13.4. The molecule has 0 saturated carbocycles. The van der Waals surface area contributed by atoms with Crippen LogP contribution in [-0.4, -0.2) is 40.5 Å². The van der Waals surface area contributed by atoms with Crippen LogP contribution < -0.4 is 10.2 Å². The zero-order valence-corrected chi connectivity index (χ0v) is 20.9. The lowest BCUT2D eigenvalue weighted by atomic mass is 10.2. The van der Waals surface area contributed by atoms with Crippen LogP contribution in [0.15, 0.2) is 47.6 Å². The summed E-state index contributed by atoms with van der Waals surface area (Å²) in [6.07, 6.45) is 0. The van der Waals surface area contributed by atoms with Crippen molar-refractivity contribution in [3.8, 4) is 11.4 Å². The van der Waals surface area contributed by atoms with E-state index in [1.165, 1.54) is 11.8 Å². The Hall–Kier alpha value is -2.22. The van der Waals surface area contributed by atoms with Crippen LogP contribution in [-0.2, 0) is 17.9 Å². The molecular weight excluding hydrogens is 465 g/mol. The topological polar surface area (TPSA) is 63.1 Å². The zero-order valence-electron chi connectivity index (χ0n) is 18.6. The highest BCUT2D eigenvalue weighted by Gasteiger charge is 2.18. The van der Waals surface area contributed by atoms with Crippen LogP contribution >= 0.6 is 35.0 Å². The van der Waals surface area contributed by atoms with Gasteiger partial charge in [0.1, 0.15) is 0 Å². The van der Waals surface area contributed by atoms with Gasteiger partial charge >= 0.3 is 0 Å². The van der Waals surface area contributed by atoms with Crippen molar-refractivity contribution < 1.29 is 4.79 Å². The molecule has 1 aromatic heterocycles. The minimum absolute atomic E-state index is 0.0585. The number of carbonyl (C=O) groups excluding carboxylic acids is 1. The minimum atomic E-state index is -0.0585. The monoisotopic (exact) mass is 491 g/mol. The van der Waals surface area contributed by atoms with Gasteiger partial charge in [-0.25, -0.2) is 0 Å². The number of hydrogen-bond acceptors (Lipinski definition) is 5. The number of hydrogen-bond donors (Lipinski definition) is 1. The van der Waals surface area contributed by atoms with Crippen molar-refractivity contribution >= 4 is 46.6 Å². The molecule has 6 nitrogen and oxygen atoms in total. The first-order valence-corrected chi connectivity index (χ1v) is 12.0.